The van der Waals surface area contributed by atoms with Gasteiger partial charge in [-0.2, -0.15) is 0 Å². The van der Waals surface area contributed by atoms with Crippen LogP contribution in [0.25, 0.3) is 0 Å². The third kappa shape index (κ3) is 4.38. The van der Waals surface area contributed by atoms with E-state index >= 15 is 0 Å². The van der Waals surface area contributed by atoms with Crippen molar-refractivity contribution >= 4 is 35.2 Å². The Bertz CT molecular complexity index is 719. The lowest BCUT2D eigenvalue weighted by atomic mass is 9.94. The zero-order chi connectivity index (χ0) is 18.6. The van der Waals surface area contributed by atoms with Crippen molar-refractivity contribution in [2.45, 2.75) is 32.7 Å². The van der Waals surface area contributed by atoms with Crippen LogP contribution in [0.15, 0.2) is 23.4 Å². The number of allylic oxidation sites excluding steroid dienone is 1. The molecule has 2 amide bonds. The first-order valence-electron chi connectivity index (χ1n) is 7.87. The maximum Gasteiger partial charge on any atom is 0.338 e. The van der Waals surface area contributed by atoms with E-state index in [9.17, 15) is 9.59 Å². The quantitative estimate of drug-likeness (QED) is 0.572. The van der Waals surface area contributed by atoms with Crippen molar-refractivity contribution in [2.75, 3.05) is 13.7 Å². The van der Waals surface area contributed by atoms with Crippen molar-refractivity contribution in [3.63, 3.8) is 0 Å². The topological polar surface area (TPSA) is 76.7 Å². The molecule has 136 valence electrons. The molecule has 1 unspecified atom stereocenters. The molecule has 0 aromatic heterocycles. The van der Waals surface area contributed by atoms with Crippen LogP contribution in [0, 0.1) is 0 Å². The summed E-state index contributed by atoms with van der Waals surface area (Å²) in [7, 11) is 1.46. The first-order chi connectivity index (χ1) is 11.9. The number of hydrogen-bond acceptors (Lipinski definition) is 4. The number of ether oxygens (including phenoxy) is 2. The highest BCUT2D eigenvalue weighted by molar-refractivity contribution is 6.35. The van der Waals surface area contributed by atoms with Crippen molar-refractivity contribution in [1.29, 1.82) is 0 Å². The minimum atomic E-state index is -0.783. The van der Waals surface area contributed by atoms with Gasteiger partial charge in [-0.05, 0) is 25.5 Å². The number of carbonyl (C=O) groups is 2. The maximum atomic E-state index is 12.6. The number of nitrogens with one attached hydrogen (secondary N) is 2. The number of urea groups is 1. The lowest BCUT2D eigenvalue weighted by Gasteiger charge is -2.29. The normalized spacial score (nSPS) is 17.0. The lowest BCUT2D eigenvalue weighted by molar-refractivity contribution is -0.139. The predicted octanol–water partition coefficient (Wildman–Crippen LogP) is 3.97. The van der Waals surface area contributed by atoms with Gasteiger partial charge in [-0.1, -0.05) is 36.5 Å². The summed E-state index contributed by atoms with van der Waals surface area (Å²) in [5, 5.41) is 5.95. The Kier molecular flexibility index (Phi) is 6.56. The summed E-state index contributed by atoms with van der Waals surface area (Å²) in [5.74, 6) is -0.175. The average Bonchev–Trinajstić information content (AvgIpc) is 2.53. The van der Waals surface area contributed by atoms with Crippen molar-refractivity contribution < 1.29 is 19.1 Å². The zero-order valence-electron chi connectivity index (χ0n) is 14.2. The summed E-state index contributed by atoms with van der Waals surface area (Å²) in [6.07, 6.45) is 1.66. The predicted molar refractivity (Wildman–Crippen MR) is 96.0 cm³/mol. The number of benzene rings is 1. The summed E-state index contributed by atoms with van der Waals surface area (Å²) >= 11 is 12.3. The molecule has 1 aliphatic rings. The SMILES string of the molecule is CCCCOC(=O)C1=C(C)NC(=O)NC1c1cc(Cl)cc(Cl)c1OC. The Morgan fingerprint density at radius 1 is 1.32 bits per heavy atom. The van der Waals surface area contributed by atoms with E-state index in [0.717, 1.165) is 12.8 Å². The Morgan fingerprint density at radius 2 is 2.04 bits per heavy atom. The summed E-state index contributed by atoms with van der Waals surface area (Å²) < 4.78 is 10.7. The molecule has 1 aromatic carbocycles. The van der Waals surface area contributed by atoms with Crippen LogP contribution >= 0.6 is 23.2 Å². The minimum Gasteiger partial charge on any atom is -0.495 e. The van der Waals surface area contributed by atoms with Gasteiger partial charge in [0.2, 0.25) is 0 Å². The van der Waals surface area contributed by atoms with E-state index in [4.69, 9.17) is 32.7 Å². The van der Waals surface area contributed by atoms with Crippen LogP contribution in [0.5, 0.6) is 5.75 Å². The van der Waals surface area contributed by atoms with Crippen molar-refractivity contribution in [3.8, 4) is 5.75 Å². The number of hydrogen-bond donors (Lipinski definition) is 2. The molecule has 0 fully saturated rings. The summed E-state index contributed by atoms with van der Waals surface area (Å²) in [6.45, 7) is 3.95. The van der Waals surface area contributed by atoms with Gasteiger partial charge in [-0.3, -0.25) is 0 Å². The van der Waals surface area contributed by atoms with Gasteiger partial charge in [0, 0.05) is 16.3 Å². The van der Waals surface area contributed by atoms with Gasteiger partial charge in [0.15, 0.2) is 0 Å². The van der Waals surface area contributed by atoms with Gasteiger partial charge in [-0.25, -0.2) is 9.59 Å². The summed E-state index contributed by atoms with van der Waals surface area (Å²) in [6, 6.07) is 1.92. The second-order valence-corrected chi connectivity index (χ2v) is 6.41. The molecule has 0 radical (unpaired) electrons. The van der Waals surface area contributed by atoms with E-state index in [1.165, 1.54) is 13.2 Å². The van der Waals surface area contributed by atoms with Gasteiger partial charge in [-0.15, -0.1) is 0 Å². The first-order valence-corrected chi connectivity index (χ1v) is 8.63. The Balaban J connectivity index is 2.48. The summed E-state index contributed by atoms with van der Waals surface area (Å²) in [5.41, 5.74) is 1.18. The molecule has 0 saturated heterocycles. The molecule has 1 aromatic rings. The Labute approximate surface area is 156 Å². The van der Waals surface area contributed by atoms with Crippen LogP contribution < -0.4 is 15.4 Å². The van der Waals surface area contributed by atoms with Crippen molar-refractivity contribution in [2.24, 2.45) is 0 Å². The highest BCUT2D eigenvalue weighted by atomic mass is 35.5. The zero-order valence-corrected chi connectivity index (χ0v) is 15.8. The molecule has 6 nitrogen and oxygen atoms in total. The van der Waals surface area contributed by atoms with Crippen molar-refractivity contribution in [3.05, 3.63) is 39.0 Å². The van der Waals surface area contributed by atoms with E-state index in [1.54, 1.807) is 13.0 Å². The second kappa shape index (κ2) is 8.45. The average molecular weight is 387 g/mol. The van der Waals surface area contributed by atoms with Gasteiger partial charge in [0.05, 0.1) is 30.4 Å². The molecule has 0 spiro atoms. The lowest BCUT2D eigenvalue weighted by Crippen LogP contribution is -2.45. The van der Waals surface area contributed by atoms with E-state index in [0.29, 0.717) is 28.6 Å². The van der Waals surface area contributed by atoms with Crippen LogP contribution in [-0.4, -0.2) is 25.7 Å². The molecule has 0 saturated carbocycles. The van der Waals surface area contributed by atoms with E-state index in [2.05, 4.69) is 10.6 Å². The third-order valence-electron chi connectivity index (χ3n) is 3.77. The fourth-order valence-corrected chi connectivity index (χ4v) is 3.18. The monoisotopic (exact) mass is 386 g/mol. The van der Waals surface area contributed by atoms with Crippen LogP contribution in [-0.2, 0) is 9.53 Å². The number of esters is 1. The second-order valence-electron chi connectivity index (χ2n) is 5.57. The number of amides is 2. The van der Waals surface area contributed by atoms with Gasteiger partial charge in [0.1, 0.15) is 5.75 Å². The van der Waals surface area contributed by atoms with Crippen LogP contribution in [0.2, 0.25) is 10.0 Å². The highest BCUT2D eigenvalue weighted by Gasteiger charge is 2.34. The van der Waals surface area contributed by atoms with Gasteiger partial charge >= 0.3 is 12.0 Å². The fraction of sp³-hybridized carbons (Fsp3) is 0.412. The van der Waals surface area contributed by atoms with E-state index in [-0.39, 0.29) is 10.6 Å². The molecule has 8 heteroatoms. The standard InChI is InChI=1S/C17H20Cl2N2O4/c1-4-5-6-25-16(22)13-9(2)20-17(23)21-14(13)11-7-10(18)8-12(19)15(11)24-3/h7-8,14H,4-6H2,1-3H3,(H2,20,21,23). The number of methoxy groups -OCH3 is 1. The number of rotatable bonds is 6. The van der Waals surface area contributed by atoms with E-state index in [1.807, 2.05) is 6.92 Å². The number of halogens is 2. The molecule has 1 heterocycles. The van der Waals surface area contributed by atoms with Gasteiger partial charge < -0.3 is 20.1 Å². The molecule has 2 rings (SSSR count). The molecule has 1 aliphatic heterocycles. The highest BCUT2D eigenvalue weighted by Crippen LogP contribution is 2.39. The number of carbonyl (C=O) groups excluding carboxylic acids is 2. The van der Waals surface area contributed by atoms with Crippen LogP contribution in [0.3, 0.4) is 0 Å². The van der Waals surface area contributed by atoms with Crippen LogP contribution in [0.1, 0.15) is 38.3 Å². The molecular formula is C17H20Cl2N2O4. The summed E-state index contributed by atoms with van der Waals surface area (Å²) in [4.78, 5) is 24.5. The van der Waals surface area contributed by atoms with Crippen molar-refractivity contribution in [1.82, 2.24) is 10.6 Å². The number of unbranched alkanes of at least 4 members (excludes halogenated alkanes) is 1. The third-order valence-corrected chi connectivity index (χ3v) is 4.27. The van der Waals surface area contributed by atoms with Crippen LogP contribution in [0.4, 0.5) is 4.79 Å². The fourth-order valence-electron chi connectivity index (χ4n) is 2.59. The molecule has 1 atom stereocenters. The largest absolute Gasteiger partial charge is 0.495 e. The minimum absolute atomic E-state index is 0.285. The smallest absolute Gasteiger partial charge is 0.338 e. The molecular weight excluding hydrogens is 367 g/mol. The van der Waals surface area contributed by atoms with Gasteiger partial charge in [0.25, 0.3) is 0 Å². The Morgan fingerprint density at radius 3 is 2.68 bits per heavy atom. The Hall–Kier alpha value is -1.92. The molecule has 0 aliphatic carbocycles. The molecule has 25 heavy (non-hydrogen) atoms. The molecule has 0 bridgehead atoms. The maximum absolute atomic E-state index is 12.6. The first kappa shape index (κ1) is 19.4. The molecule has 2 N–H and O–H groups in total. The van der Waals surface area contributed by atoms with E-state index < -0.39 is 18.0 Å².